The molecule has 0 aliphatic carbocycles. The van der Waals surface area contributed by atoms with Crippen molar-refractivity contribution >= 4 is 16.3 Å². The molecule has 0 aromatic carbocycles. The van der Waals surface area contributed by atoms with E-state index in [0.29, 0.717) is 6.42 Å². The SMILES string of the molecule is CCCS(=O)(=O)OC(=O)O. The first kappa shape index (κ1) is 9.22. The van der Waals surface area contributed by atoms with E-state index < -0.39 is 16.3 Å². The molecule has 0 aromatic rings. The molecule has 0 saturated carbocycles. The quantitative estimate of drug-likeness (QED) is 0.617. The summed E-state index contributed by atoms with van der Waals surface area (Å²) in [4.78, 5) is 9.69. The standard InChI is InChI=1S/C4H8O5S/c1-2-3-10(7,8)9-4(5)6/h2-3H2,1H3,(H,5,6). The highest BCUT2D eigenvalue weighted by atomic mass is 32.2. The number of rotatable bonds is 3. The van der Waals surface area contributed by atoms with Gasteiger partial charge in [0.2, 0.25) is 0 Å². The highest BCUT2D eigenvalue weighted by Crippen LogP contribution is 1.95. The fraction of sp³-hybridized carbons (Fsp3) is 0.750. The number of carbonyl (C=O) groups is 1. The van der Waals surface area contributed by atoms with Crippen LogP contribution in [0.25, 0.3) is 0 Å². The lowest BCUT2D eigenvalue weighted by atomic mass is 10.6. The van der Waals surface area contributed by atoms with E-state index in [2.05, 4.69) is 4.18 Å². The predicted molar refractivity (Wildman–Crippen MR) is 33.2 cm³/mol. The highest BCUT2D eigenvalue weighted by molar-refractivity contribution is 7.87. The largest absolute Gasteiger partial charge is 0.521 e. The third kappa shape index (κ3) is 4.13. The first-order valence-corrected chi connectivity index (χ1v) is 4.20. The average molecular weight is 168 g/mol. The van der Waals surface area contributed by atoms with Gasteiger partial charge in [0.05, 0.1) is 5.75 Å². The van der Waals surface area contributed by atoms with Crippen LogP contribution in [0.3, 0.4) is 0 Å². The maximum absolute atomic E-state index is 10.4. The van der Waals surface area contributed by atoms with Gasteiger partial charge in [-0.1, -0.05) is 6.92 Å². The summed E-state index contributed by atoms with van der Waals surface area (Å²) < 4.78 is 24.4. The molecule has 0 atom stereocenters. The smallest absolute Gasteiger partial charge is 0.449 e. The number of hydrogen-bond donors (Lipinski definition) is 1. The van der Waals surface area contributed by atoms with Crippen LogP contribution in [-0.2, 0) is 14.3 Å². The Morgan fingerprint density at radius 1 is 1.60 bits per heavy atom. The summed E-state index contributed by atoms with van der Waals surface area (Å²) in [6.45, 7) is 1.61. The number of carboxylic acid groups (broad SMARTS) is 1. The zero-order valence-electron chi connectivity index (χ0n) is 5.40. The fourth-order valence-corrected chi connectivity index (χ4v) is 1.20. The van der Waals surface area contributed by atoms with Gasteiger partial charge in [-0.05, 0) is 6.42 Å². The van der Waals surface area contributed by atoms with E-state index in [9.17, 15) is 13.2 Å². The molecule has 5 nitrogen and oxygen atoms in total. The van der Waals surface area contributed by atoms with Crippen LogP contribution in [0.5, 0.6) is 0 Å². The molecule has 0 aliphatic heterocycles. The summed E-state index contributed by atoms with van der Waals surface area (Å²) in [6.07, 6.45) is -1.44. The first-order valence-electron chi connectivity index (χ1n) is 2.63. The molecule has 60 valence electrons. The van der Waals surface area contributed by atoms with E-state index in [1.165, 1.54) is 0 Å². The monoisotopic (exact) mass is 168 g/mol. The van der Waals surface area contributed by atoms with Crippen molar-refractivity contribution in [2.75, 3.05) is 5.75 Å². The molecular formula is C4H8O5S. The minimum Gasteiger partial charge on any atom is -0.449 e. The predicted octanol–water partition coefficient (Wildman–Crippen LogP) is 0.421. The van der Waals surface area contributed by atoms with Crippen molar-refractivity contribution in [3.8, 4) is 0 Å². The molecule has 0 heterocycles. The lowest BCUT2D eigenvalue weighted by molar-refractivity contribution is 0.147. The zero-order valence-corrected chi connectivity index (χ0v) is 6.22. The van der Waals surface area contributed by atoms with Gasteiger partial charge < -0.3 is 9.29 Å². The van der Waals surface area contributed by atoms with Crippen LogP contribution in [0.2, 0.25) is 0 Å². The van der Waals surface area contributed by atoms with Crippen LogP contribution in [0.4, 0.5) is 4.79 Å². The Balaban J connectivity index is 4.02. The Morgan fingerprint density at radius 2 is 2.10 bits per heavy atom. The van der Waals surface area contributed by atoms with E-state index in [0.717, 1.165) is 0 Å². The van der Waals surface area contributed by atoms with E-state index in [1.807, 2.05) is 0 Å². The summed E-state index contributed by atoms with van der Waals surface area (Å²) in [5.41, 5.74) is 0. The molecule has 0 radical (unpaired) electrons. The molecule has 0 saturated heterocycles. The van der Waals surface area contributed by atoms with Gasteiger partial charge in [0.25, 0.3) is 0 Å². The van der Waals surface area contributed by atoms with E-state index >= 15 is 0 Å². The minimum absolute atomic E-state index is 0.265. The van der Waals surface area contributed by atoms with Crippen molar-refractivity contribution in [1.29, 1.82) is 0 Å². The van der Waals surface area contributed by atoms with Crippen molar-refractivity contribution in [2.24, 2.45) is 0 Å². The molecule has 6 heteroatoms. The lowest BCUT2D eigenvalue weighted by Crippen LogP contribution is -2.13. The molecular weight excluding hydrogens is 160 g/mol. The molecule has 0 aliphatic rings. The Morgan fingerprint density at radius 3 is 2.40 bits per heavy atom. The molecule has 0 aromatic heterocycles. The van der Waals surface area contributed by atoms with Crippen LogP contribution < -0.4 is 0 Å². The third-order valence-electron chi connectivity index (χ3n) is 0.652. The van der Waals surface area contributed by atoms with Gasteiger partial charge in [-0.3, -0.25) is 0 Å². The Labute approximate surface area is 58.7 Å². The van der Waals surface area contributed by atoms with Gasteiger partial charge in [0, 0.05) is 0 Å². The topological polar surface area (TPSA) is 80.7 Å². The molecule has 0 unspecified atom stereocenters. The average Bonchev–Trinajstić information content (AvgIpc) is 1.59. The molecule has 10 heavy (non-hydrogen) atoms. The van der Waals surface area contributed by atoms with Crippen LogP contribution in [0, 0.1) is 0 Å². The molecule has 0 amide bonds. The van der Waals surface area contributed by atoms with Crippen molar-refractivity contribution in [3.63, 3.8) is 0 Å². The van der Waals surface area contributed by atoms with E-state index in [-0.39, 0.29) is 5.75 Å². The normalized spacial score (nSPS) is 10.9. The third-order valence-corrected chi connectivity index (χ3v) is 1.96. The fourth-order valence-electron chi connectivity index (χ4n) is 0.400. The molecule has 0 spiro atoms. The molecule has 1 N–H and O–H groups in total. The van der Waals surface area contributed by atoms with Crippen molar-refractivity contribution in [3.05, 3.63) is 0 Å². The summed E-state index contributed by atoms with van der Waals surface area (Å²) >= 11 is 0. The van der Waals surface area contributed by atoms with Crippen LogP contribution in [0.1, 0.15) is 13.3 Å². The van der Waals surface area contributed by atoms with Crippen molar-refractivity contribution in [1.82, 2.24) is 0 Å². The van der Waals surface area contributed by atoms with Crippen molar-refractivity contribution < 1.29 is 22.5 Å². The summed E-state index contributed by atoms with van der Waals surface area (Å²) in [7, 11) is -3.83. The van der Waals surface area contributed by atoms with Gasteiger partial charge in [0.1, 0.15) is 0 Å². The van der Waals surface area contributed by atoms with Crippen LogP contribution >= 0.6 is 0 Å². The Hall–Kier alpha value is -0.780. The van der Waals surface area contributed by atoms with Gasteiger partial charge in [-0.25, -0.2) is 4.79 Å². The summed E-state index contributed by atoms with van der Waals surface area (Å²) in [6, 6.07) is 0. The summed E-state index contributed by atoms with van der Waals surface area (Å²) in [5, 5.41) is 7.87. The Kier molecular flexibility index (Phi) is 3.14. The van der Waals surface area contributed by atoms with Crippen LogP contribution in [-0.4, -0.2) is 25.4 Å². The number of hydrogen-bond acceptors (Lipinski definition) is 4. The van der Waals surface area contributed by atoms with Gasteiger partial charge in [0.15, 0.2) is 0 Å². The Bertz CT molecular complexity index is 204. The highest BCUT2D eigenvalue weighted by Gasteiger charge is 2.13. The van der Waals surface area contributed by atoms with Crippen molar-refractivity contribution in [2.45, 2.75) is 13.3 Å². The van der Waals surface area contributed by atoms with E-state index in [1.54, 1.807) is 6.92 Å². The van der Waals surface area contributed by atoms with Gasteiger partial charge in [-0.2, -0.15) is 8.42 Å². The van der Waals surface area contributed by atoms with Gasteiger partial charge in [-0.15, -0.1) is 0 Å². The first-order chi connectivity index (χ1) is 4.48. The second-order valence-corrected chi connectivity index (χ2v) is 3.30. The zero-order chi connectivity index (χ0) is 8.20. The summed E-state index contributed by atoms with van der Waals surface area (Å²) in [5.74, 6) is -0.265. The van der Waals surface area contributed by atoms with E-state index in [4.69, 9.17) is 5.11 Å². The van der Waals surface area contributed by atoms with Gasteiger partial charge >= 0.3 is 16.3 Å². The lowest BCUT2D eigenvalue weighted by Gasteiger charge is -1.97. The molecule has 0 fully saturated rings. The maximum Gasteiger partial charge on any atom is 0.521 e. The second kappa shape index (κ2) is 3.40. The second-order valence-electron chi connectivity index (χ2n) is 1.61. The van der Waals surface area contributed by atoms with Crippen LogP contribution in [0.15, 0.2) is 0 Å². The minimum atomic E-state index is -3.83. The molecule has 0 bridgehead atoms. The molecule has 0 rings (SSSR count). The maximum atomic E-state index is 10.4.